The van der Waals surface area contributed by atoms with E-state index in [9.17, 15) is 4.79 Å². The highest BCUT2D eigenvalue weighted by Gasteiger charge is 2.24. The van der Waals surface area contributed by atoms with Crippen molar-refractivity contribution in [1.29, 1.82) is 0 Å². The molecule has 106 valence electrons. The van der Waals surface area contributed by atoms with E-state index in [-0.39, 0.29) is 12.1 Å². The number of amides is 1. The van der Waals surface area contributed by atoms with Crippen LogP contribution in [0.4, 0.5) is 4.79 Å². The fraction of sp³-hybridized carbons (Fsp3) is 0.929. The molecule has 1 aliphatic rings. The maximum absolute atomic E-state index is 11.5. The van der Waals surface area contributed by atoms with Crippen LogP contribution >= 0.6 is 0 Å². The van der Waals surface area contributed by atoms with Crippen LogP contribution in [0.2, 0.25) is 0 Å². The Balaban J connectivity index is 2.11. The molecule has 4 nitrogen and oxygen atoms in total. The smallest absolute Gasteiger partial charge is 0.407 e. The van der Waals surface area contributed by atoms with E-state index in [0.29, 0.717) is 12.6 Å². The van der Waals surface area contributed by atoms with Crippen LogP contribution in [0.25, 0.3) is 0 Å². The molecule has 2 unspecified atom stereocenters. The van der Waals surface area contributed by atoms with Gasteiger partial charge in [0.05, 0.1) is 0 Å². The van der Waals surface area contributed by atoms with E-state index in [1.54, 1.807) is 0 Å². The number of carbonyl (C=O) groups excluding carboxylic acids is 1. The van der Waals surface area contributed by atoms with Crippen LogP contribution in [0.15, 0.2) is 0 Å². The van der Waals surface area contributed by atoms with Gasteiger partial charge in [-0.2, -0.15) is 0 Å². The van der Waals surface area contributed by atoms with Crippen molar-refractivity contribution in [2.75, 3.05) is 6.54 Å². The maximum atomic E-state index is 11.5. The summed E-state index contributed by atoms with van der Waals surface area (Å²) in [4.78, 5) is 11.5. The first-order valence-electron chi connectivity index (χ1n) is 6.99. The fourth-order valence-corrected chi connectivity index (χ4v) is 2.02. The molecule has 4 heteroatoms. The Morgan fingerprint density at radius 1 is 1.28 bits per heavy atom. The van der Waals surface area contributed by atoms with Crippen LogP contribution in [-0.4, -0.2) is 30.3 Å². The lowest BCUT2D eigenvalue weighted by Crippen LogP contribution is -2.44. The third-order valence-corrected chi connectivity index (χ3v) is 2.90. The normalized spacial score (nSPS) is 19.2. The molecule has 1 amide bonds. The molecule has 0 aromatic heterocycles. The second-order valence-electron chi connectivity index (χ2n) is 6.53. The highest BCUT2D eigenvalue weighted by molar-refractivity contribution is 5.67. The Morgan fingerprint density at radius 2 is 1.89 bits per heavy atom. The zero-order chi connectivity index (χ0) is 13.8. The van der Waals surface area contributed by atoms with Crippen LogP contribution < -0.4 is 10.6 Å². The predicted molar refractivity (Wildman–Crippen MR) is 73.6 cm³/mol. The topological polar surface area (TPSA) is 50.4 Å². The van der Waals surface area contributed by atoms with Gasteiger partial charge in [0.1, 0.15) is 5.60 Å². The van der Waals surface area contributed by atoms with E-state index in [4.69, 9.17) is 4.74 Å². The zero-order valence-electron chi connectivity index (χ0n) is 12.4. The fourth-order valence-electron chi connectivity index (χ4n) is 2.02. The molecule has 0 saturated heterocycles. The Kier molecular flexibility index (Phi) is 5.45. The minimum absolute atomic E-state index is 0.270. The summed E-state index contributed by atoms with van der Waals surface area (Å²) in [6, 6.07) is 0.791. The number of hydrogen-bond acceptors (Lipinski definition) is 3. The molecule has 2 N–H and O–H groups in total. The molecule has 1 rings (SSSR count). The molecule has 0 aliphatic heterocycles. The second-order valence-corrected chi connectivity index (χ2v) is 6.53. The highest BCUT2D eigenvalue weighted by Crippen LogP contribution is 2.33. The van der Waals surface area contributed by atoms with Gasteiger partial charge >= 0.3 is 6.09 Å². The predicted octanol–water partition coefficient (Wildman–Crippen LogP) is 2.68. The van der Waals surface area contributed by atoms with Crippen LogP contribution in [0, 0.1) is 5.92 Å². The van der Waals surface area contributed by atoms with Gasteiger partial charge < -0.3 is 15.4 Å². The van der Waals surface area contributed by atoms with Gasteiger partial charge in [-0.15, -0.1) is 0 Å². The molecule has 1 aliphatic carbocycles. The Hall–Kier alpha value is -0.770. The van der Waals surface area contributed by atoms with Crippen molar-refractivity contribution in [1.82, 2.24) is 10.6 Å². The minimum atomic E-state index is -0.431. The van der Waals surface area contributed by atoms with Gasteiger partial charge in [-0.05, 0) is 47.0 Å². The average Bonchev–Trinajstić information content (AvgIpc) is 2.95. The SMILES string of the molecule is CC(CNC(=O)OC(C)(C)C)NC(C)CC1CC1. The van der Waals surface area contributed by atoms with Crippen molar-refractivity contribution in [3.05, 3.63) is 0 Å². The monoisotopic (exact) mass is 256 g/mol. The summed E-state index contributed by atoms with van der Waals surface area (Å²) in [6.07, 6.45) is 3.68. The standard InChI is InChI=1S/C14H28N2O2/c1-10(8-12-6-7-12)16-11(2)9-15-13(17)18-14(3,4)5/h10-12,16H,6-9H2,1-5H3,(H,15,17). The molecule has 1 saturated carbocycles. The van der Waals surface area contributed by atoms with E-state index in [0.717, 1.165) is 5.92 Å². The van der Waals surface area contributed by atoms with E-state index < -0.39 is 5.60 Å². The molecule has 1 fully saturated rings. The van der Waals surface area contributed by atoms with Crippen LogP contribution in [0.1, 0.15) is 53.9 Å². The van der Waals surface area contributed by atoms with Crippen molar-refractivity contribution in [2.45, 2.75) is 71.6 Å². The van der Waals surface area contributed by atoms with Gasteiger partial charge in [-0.3, -0.25) is 0 Å². The molecule has 0 radical (unpaired) electrons. The van der Waals surface area contributed by atoms with E-state index >= 15 is 0 Å². The average molecular weight is 256 g/mol. The van der Waals surface area contributed by atoms with E-state index in [2.05, 4.69) is 24.5 Å². The molecule has 0 heterocycles. The molecule has 0 aromatic rings. The van der Waals surface area contributed by atoms with Crippen LogP contribution in [-0.2, 0) is 4.74 Å². The summed E-state index contributed by atoms with van der Waals surface area (Å²) in [5, 5.41) is 6.29. The summed E-state index contributed by atoms with van der Waals surface area (Å²) in [6.45, 7) is 10.5. The third kappa shape index (κ3) is 7.54. The van der Waals surface area contributed by atoms with Crippen LogP contribution in [0.3, 0.4) is 0 Å². The Morgan fingerprint density at radius 3 is 2.39 bits per heavy atom. The number of hydrogen-bond donors (Lipinski definition) is 2. The molecule has 2 atom stereocenters. The molecular weight excluding hydrogens is 228 g/mol. The summed E-state index contributed by atoms with van der Waals surface area (Å²) in [5.41, 5.74) is -0.431. The molecule has 0 bridgehead atoms. The van der Waals surface area contributed by atoms with Crippen molar-refractivity contribution < 1.29 is 9.53 Å². The number of ether oxygens (including phenoxy) is 1. The van der Waals surface area contributed by atoms with Gasteiger partial charge in [-0.1, -0.05) is 12.8 Å². The van der Waals surface area contributed by atoms with Crippen LogP contribution in [0.5, 0.6) is 0 Å². The lowest BCUT2D eigenvalue weighted by molar-refractivity contribution is 0.0522. The number of alkyl carbamates (subject to hydrolysis) is 1. The second kappa shape index (κ2) is 6.41. The number of rotatable bonds is 6. The van der Waals surface area contributed by atoms with Crippen molar-refractivity contribution in [3.63, 3.8) is 0 Å². The summed E-state index contributed by atoms with van der Waals surface area (Å²) in [5.74, 6) is 0.929. The van der Waals surface area contributed by atoms with E-state index in [1.807, 2.05) is 20.8 Å². The lowest BCUT2D eigenvalue weighted by Gasteiger charge is -2.23. The lowest BCUT2D eigenvalue weighted by atomic mass is 10.1. The quantitative estimate of drug-likeness (QED) is 0.768. The number of carbonyl (C=O) groups is 1. The minimum Gasteiger partial charge on any atom is -0.444 e. The summed E-state index contributed by atoms with van der Waals surface area (Å²) in [7, 11) is 0. The van der Waals surface area contributed by atoms with Crippen molar-refractivity contribution in [3.8, 4) is 0 Å². The Bertz CT molecular complexity index is 269. The zero-order valence-corrected chi connectivity index (χ0v) is 12.4. The van der Waals surface area contributed by atoms with Gasteiger partial charge in [0.2, 0.25) is 0 Å². The summed E-state index contributed by atoms with van der Waals surface area (Å²) >= 11 is 0. The molecule has 0 aromatic carbocycles. The number of nitrogens with one attached hydrogen (secondary N) is 2. The van der Waals surface area contributed by atoms with Gasteiger partial charge in [0, 0.05) is 18.6 Å². The first-order chi connectivity index (χ1) is 8.26. The highest BCUT2D eigenvalue weighted by atomic mass is 16.6. The maximum Gasteiger partial charge on any atom is 0.407 e. The summed E-state index contributed by atoms with van der Waals surface area (Å²) < 4.78 is 5.19. The molecule has 0 spiro atoms. The first-order valence-corrected chi connectivity index (χ1v) is 6.99. The van der Waals surface area contributed by atoms with Crippen molar-refractivity contribution in [2.24, 2.45) is 5.92 Å². The third-order valence-electron chi connectivity index (χ3n) is 2.90. The molecular formula is C14H28N2O2. The molecule has 18 heavy (non-hydrogen) atoms. The van der Waals surface area contributed by atoms with Gasteiger partial charge in [-0.25, -0.2) is 4.79 Å². The van der Waals surface area contributed by atoms with E-state index in [1.165, 1.54) is 19.3 Å². The first kappa shape index (κ1) is 15.3. The van der Waals surface area contributed by atoms with Crippen molar-refractivity contribution >= 4 is 6.09 Å². The largest absolute Gasteiger partial charge is 0.444 e. The van der Waals surface area contributed by atoms with Gasteiger partial charge in [0.25, 0.3) is 0 Å². The van der Waals surface area contributed by atoms with Gasteiger partial charge in [0.15, 0.2) is 0 Å². The Labute approximate surface area is 111 Å².